The number of ether oxygens (including phenoxy) is 1. The lowest BCUT2D eigenvalue weighted by Gasteiger charge is -2.41. The summed E-state index contributed by atoms with van der Waals surface area (Å²) < 4.78 is 20.5. The molecule has 24 heavy (non-hydrogen) atoms. The summed E-state index contributed by atoms with van der Waals surface area (Å²) in [6.45, 7) is 4.58. The molecule has 0 N–H and O–H groups in total. The van der Waals surface area contributed by atoms with Crippen molar-refractivity contribution in [1.82, 2.24) is 19.8 Å². The van der Waals surface area contributed by atoms with Crippen LogP contribution in [0.4, 0.5) is 10.2 Å². The van der Waals surface area contributed by atoms with Crippen LogP contribution in [0, 0.1) is 11.2 Å². The predicted octanol–water partition coefficient (Wildman–Crippen LogP) is 2.40. The predicted molar refractivity (Wildman–Crippen MR) is 88.4 cm³/mol. The summed E-state index contributed by atoms with van der Waals surface area (Å²) in [5, 5.41) is 12.9. The van der Waals surface area contributed by atoms with Gasteiger partial charge in [0.25, 0.3) is 0 Å². The maximum absolute atomic E-state index is 13.5. The fourth-order valence-corrected chi connectivity index (χ4v) is 2.99. The van der Waals surface area contributed by atoms with Gasteiger partial charge in [-0.3, -0.25) is 0 Å². The van der Waals surface area contributed by atoms with E-state index in [9.17, 15) is 4.39 Å². The Balaban J connectivity index is 1.70. The highest BCUT2D eigenvalue weighted by atomic mass is 19.1. The van der Waals surface area contributed by atoms with Crippen molar-refractivity contribution in [3.63, 3.8) is 0 Å². The number of hydrogen-bond donors (Lipinski definition) is 0. The molecule has 1 aliphatic rings. The summed E-state index contributed by atoms with van der Waals surface area (Å²) >= 11 is 0. The second-order valence-corrected chi connectivity index (χ2v) is 6.66. The van der Waals surface area contributed by atoms with Crippen LogP contribution in [0.2, 0.25) is 0 Å². The van der Waals surface area contributed by atoms with E-state index in [1.165, 1.54) is 12.1 Å². The molecule has 1 saturated heterocycles. The highest BCUT2D eigenvalue weighted by Gasteiger charge is 2.34. The SMILES string of the molecule is CN(CC1(C)COC1)c1ccc2nnc(-c3cccc(F)c3)n2n1. The maximum atomic E-state index is 13.5. The summed E-state index contributed by atoms with van der Waals surface area (Å²) in [6, 6.07) is 10.1. The Labute approximate surface area is 138 Å². The molecule has 0 saturated carbocycles. The standard InChI is InChI=1S/C17H18FN5O/c1-17(10-24-11-17)9-22(2)15-7-6-14-19-20-16(23(14)21-15)12-4-3-5-13(18)8-12/h3-8H,9-11H2,1-2H3. The number of halogens is 1. The second kappa shape index (κ2) is 5.52. The molecule has 0 bridgehead atoms. The van der Waals surface area contributed by atoms with Gasteiger partial charge in [0.1, 0.15) is 11.6 Å². The average molecular weight is 327 g/mol. The van der Waals surface area contributed by atoms with E-state index in [-0.39, 0.29) is 11.2 Å². The number of aromatic nitrogens is 4. The minimum absolute atomic E-state index is 0.157. The molecule has 3 aromatic rings. The lowest BCUT2D eigenvalue weighted by atomic mass is 9.88. The van der Waals surface area contributed by atoms with E-state index in [1.807, 2.05) is 19.2 Å². The molecule has 7 heteroatoms. The number of benzene rings is 1. The maximum Gasteiger partial charge on any atom is 0.185 e. The van der Waals surface area contributed by atoms with Gasteiger partial charge in [0.05, 0.1) is 13.2 Å². The number of anilines is 1. The zero-order valence-corrected chi connectivity index (χ0v) is 13.6. The van der Waals surface area contributed by atoms with Crippen molar-refractivity contribution in [2.75, 3.05) is 31.7 Å². The number of rotatable bonds is 4. The van der Waals surface area contributed by atoms with E-state index in [4.69, 9.17) is 4.74 Å². The molecule has 0 unspecified atom stereocenters. The van der Waals surface area contributed by atoms with Crippen LogP contribution >= 0.6 is 0 Å². The first-order valence-electron chi connectivity index (χ1n) is 7.81. The topological polar surface area (TPSA) is 55.5 Å². The number of fused-ring (bicyclic) bond motifs is 1. The molecule has 0 radical (unpaired) electrons. The third kappa shape index (κ3) is 2.60. The average Bonchev–Trinajstić information content (AvgIpc) is 2.96. The molecule has 0 atom stereocenters. The van der Waals surface area contributed by atoms with Crippen LogP contribution in [0.5, 0.6) is 0 Å². The van der Waals surface area contributed by atoms with Crippen LogP contribution in [-0.4, -0.2) is 46.6 Å². The van der Waals surface area contributed by atoms with Crippen molar-refractivity contribution in [3.8, 4) is 11.4 Å². The quantitative estimate of drug-likeness (QED) is 0.736. The molecular formula is C17H18FN5O. The molecule has 0 spiro atoms. The van der Waals surface area contributed by atoms with Gasteiger partial charge in [-0.25, -0.2) is 4.39 Å². The lowest BCUT2D eigenvalue weighted by molar-refractivity contribution is -0.0952. The van der Waals surface area contributed by atoms with E-state index < -0.39 is 0 Å². The largest absolute Gasteiger partial charge is 0.380 e. The van der Waals surface area contributed by atoms with Gasteiger partial charge in [0.2, 0.25) is 0 Å². The van der Waals surface area contributed by atoms with Gasteiger partial charge < -0.3 is 9.64 Å². The van der Waals surface area contributed by atoms with Gasteiger partial charge in [-0.2, -0.15) is 4.52 Å². The molecule has 0 aliphatic carbocycles. The van der Waals surface area contributed by atoms with Gasteiger partial charge in [0.15, 0.2) is 11.5 Å². The first kappa shape index (κ1) is 15.0. The second-order valence-electron chi connectivity index (χ2n) is 6.66. The normalized spacial score (nSPS) is 16.1. The van der Waals surface area contributed by atoms with Crippen LogP contribution in [-0.2, 0) is 4.74 Å². The van der Waals surface area contributed by atoms with Gasteiger partial charge in [0, 0.05) is 24.6 Å². The molecule has 1 fully saturated rings. The van der Waals surface area contributed by atoms with Gasteiger partial charge in [-0.05, 0) is 24.3 Å². The molecule has 4 rings (SSSR count). The molecule has 1 aromatic carbocycles. The minimum Gasteiger partial charge on any atom is -0.380 e. The van der Waals surface area contributed by atoms with Crippen molar-refractivity contribution in [3.05, 3.63) is 42.2 Å². The summed E-state index contributed by atoms with van der Waals surface area (Å²) in [7, 11) is 2.00. The summed E-state index contributed by atoms with van der Waals surface area (Å²) in [5.41, 5.74) is 1.43. The van der Waals surface area contributed by atoms with Crippen molar-refractivity contribution in [2.45, 2.75) is 6.92 Å². The fraction of sp³-hybridized carbons (Fsp3) is 0.353. The Bertz CT molecular complexity index is 890. The zero-order chi connectivity index (χ0) is 16.7. The molecular weight excluding hydrogens is 309 g/mol. The van der Waals surface area contributed by atoms with Crippen molar-refractivity contribution >= 4 is 11.5 Å². The van der Waals surface area contributed by atoms with Crippen LogP contribution in [0.25, 0.3) is 17.0 Å². The van der Waals surface area contributed by atoms with Crippen molar-refractivity contribution in [2.24, 2.45) is 5.41 Å². The highest BCUT2D eigenvalue weighted by molar-refractivity contribution is 5.59. The molecule has 1 aliphatic heterocycles. The Morgan fingerprint density at radius 3 is 2.79 bits per heavy atom. The highest BCUT2D eigenvalue weighted by Crippen LogP contribution is 2.29. The van der Waals surface area contributed by atoms with Gasteiger partial charge in [-0.15, -0.1) is 15.3 Å². The summed E-state index contributed by atoms with van der Waals surface area (Å²) in [5.74, 6) is 1.03. The first-order chi connectivity index (χ1) is 11.5. The minimum atomic E-state index is -0.310. The molecule has 6 nitrogen and oxygen atoms in total. The van der Waals surface area contributed by atoms with Crippen molar-refractivity contribution in [1.29, 1.82) is 0 Å². The summed E-state index contributed by atoms with van der Waals surface area (Å²) in [4.78, 5) is 2.09. The fourth-order valence-electron chi connectivity index (χ4n) is 2.99. The van der Waals surface area contributed by atoms with E-state index in [1.54, 1.807) is 16.6 Å². The van der Waals surface area contributed by atoms with Crippen LogP contribution < -0.4 is 4.90 Å². The van der Waals surface area contributed by atoms with Crippen LogP contribution in [0.1, 0.15) is 6.92 Å². The lowest BCUT2D eigenvalue weighted by Crippen LogP contribution is -2.48. The molecule has 0 amide bonds. The molecule has 2 aromatic heterocycles. The molecule has 124 valence electrons. The summed E-state index contributed by atoms with van der Waals surface area (Å²) in [6.07, 6.45) is 0. The van der Waals surface area contributed by atoms with Gasteiger partial charge in [-0.1, -0.05) is 19.1 Å². The van der Waals surface area contributed by atoms with Crippen molar-refractivity contribution < 1.29 is 9.13 Å². The third-order valence-electron chi connectivity index (χ3n) is 4.24. The van der Waals surface area contributed by atoms with E-state index in [0.29, 0.717) is 17.0 Å². The van der Waals surface area contributed by atoms with E-state index in [0.717, 1.165) is 25.6 Å². The van der Waals surface area contributed by atoms with Crippen LogP contribution in [0.15, 0.2) is 36.4 Å². The third-order valence-corrected chi connectivity index (χ3v) is 4.24. The Morgan fingerprint density at radius 1 is 1.25 bits per heavy atom. The Kier molecular flexibility index (Phi) is 3.45. The Hall–Kier alpha value is -2.54. The number of nitrogens with zero attached hydrogens (tertiary/aromatic N) is 5. The number of hydrogen-bond acceptors (Lipinski definition) is 5. The molecule has 3 heterocycles. The zero-order valence-electron chi connectivity index (χ0n) is 13.6. The first-order valence-corrected chi connectivity index (χ1v) is 7.81. The van der Waals surface area contributed by atoms with Crippen LogP contribution in [0.3, 0.4) is 0 Å². The van der Waals surface area contributed by atoms with E-state index >= 15 is 0 Å². The smallest absolute Gasteiger partial charge is 0.185 e. The monoisotopic (exact) mass is 327 g/mol. The van der Waals surface area contributed by atoms with Gasteiger partial charge >= 0.3 is 0 Å². The Morgan fingerprint density at radius 2 is 2.08 bits per heavy atom. The van der Waals surface area contributed by atoms with E-state index in [2.05, 4.69) is 27.1 Å².